The number of hydrogen-bond donors (Lipinski definition) is 1. The maximum Gasteiger partial charge on any atom is 0.130 e. The fourth-order valence-corrected chi connectivity index (χ4v) is 1.67. The molecule has 0 aliphatic heterocycles. The van der Waals surface area contributed by atoms with Gasteiger partial charge in [-0.25, -0.2) is 8.78 Å². The van der Waals surface area contributed by atoms with Gasteiger partial charge in [-0.3, -0.25) is 0 Å². The zero-order valence-electron chi connectivity index (χ0n) is 10.1. The summed E-state index contributed by atoms with van der Waals surface area (Å²) in [4.78, 5) is 0. The second-order valence-electron chi connectivity index (χ2n) is 4.10. The van der Waals surface area contributed by atoms with Crippen molar-refractivity contribution < 1.29 is 8.78 Å². The van der Waals surface area contributed by atoms with Crippen molar-refractivity contribution in [2.45, 2.75) is 45.7 Å². The first kappa shape index (κ1) is 13.1. The Labute approximate surface area is 95.9 Å². The van der Waals surface area contributed by atoms with Crippen molar-refractivity contribution >= 4 is 0 Å². The highest BCUT2D eigenvalue weighted by atomic mass is 19.1. The van der Waals surface area contributed by atoms with Crippen molar-refractivity contribution in [3.8, 4) is 0 Å². The summed E-state index contributed by atoms with van der Waals surface area (Å²) in [5.74, 6) is -0.998. The highest BCUT2D eigenvalue weighted by molar-refractivity contribution is 5.22. The van der Waals surface area contributed by atoms with Crippen LogP contribution >= 0.6 is 0 Å². The van der Waals surface area contributed by atoms with Crippen LogP contribution in [0.3, 0.4) is 0 Å². The van der Waals surface area contributed by atoms with Gasteiger partial charge in [-0.2, -0.15) is 0 Å². The minimum atomic E-state index is -0.528. The third-order valence-corrected chi connectivity index (χ3v) is 2.84. The van der Waals surface area contributed by atoms with Crippen LogP contribution in [0, 0.1) is 11.6 Å². The van der Waals surface area contributed by atoms with Crippen LogP contribution in [0.15, 0.2) is 18.2 Å². The Bertz CT molecular complexity index is 339. The Balaban J connectivity index is 2.86. The summed E-state index contributed by atoms with van der Waals surface area (Å²) < 4.78 is 26.3. The maximum atomic E-state index is 13.6. The summed E-state index contributed by atoms with van der Waals surface area (Å²) in [5, 5.41) is 3.33. The van der Waals surface area contributed by atoms with Crippen molar-refractivity contribution in [1.82, 2.24) is 5.32 Å². The molecule has 0 amide bonds. The molecule has 1 nitrogen and oxygen atoms in total. The molecule has 0 saturated carbocycles. The van der Waals surface area contributed by atoms with Gasteiger partial charge in [-0.05, 0) is 25.8 Å². The van der Waals surface area contributed by atoms with Gasteiger partial charge in [0.05, 0.1) is 0 Å². The molecule has 1 rings (SSSR count). The summed E-state index contributed by atoms with van der Waals surface area (Å²) in [6.07, 6.45) is 1.77. The minimum Gasteiger partial charge on any atom is -0.307 e. The molecule has 0 bridgehead atoms. The Hall–Kier alpha value is -0.960. The molecular weight excluding hydrogens is 208 g/mol. The Morgan fingerprint density at radius 1 is 1.19 bits per heavy atom. The molecule has 0 spiro atoms. The molecule has 1 aromatic rings. The van der Waals surface area contributed by atoms with Crippen LogP contribution in [0.4, 0.5) is 8.78 Å². The van der Waals surface area contributed by atoms with Gasteiger partial charge < -0.3 is 5.32 Å². The zero-order chi connectivity index (χ0) is 12.1. The standard InChI is InChI=1S/C13H19F2N/c1-4-9(3)16-13(5-2)11-7-6-10(14)8-12(11)15/h6-9,13,16H,4-5H2,1-3H3. The average Bonchev–Trinajstić information content (AvgIpc) is 2.26. The highest BCUT2D eigenvalue weighted by Crippen LogP contribution is 2.21. The molecule has 0 radical (unpaired) electrons. The molecule has 0 aromatic heterocycles. The van der Waals surface area contributed by atoms with E-state index in [0.29, 0.717) is 11.6 Å². The lowest BCUT2D eigenvalue weighted by molar-refractivity contribution is 0.422. The number of hydrogen-bond acceptors (Lipinski definition) is 1. The molecule has 16 heavy (non-hydrogen) atoms. The Morgan fingerprint density at radius 2 is 1.88 bits per heavy atom. The van der Waals surface area contributed by atoms with E-state index in [2.05, 4.69) is 19.2 Å². The van der Waals surface area contributed by atoms with Gasteiger partial charge in [0.2, 0.25) is 0 Å². The van der Waals surface area contributed by atoms with Gasteiger partial charge in [0.1, 0.15) is 11.6 Å². The van der Waals surface area contributed by atoms with Crippen LogP contribution in [0.5, 0.6) is 0 Å². The van der Waals surface area contributed by atoms with E-state index >= 15 is 0 Å². The van der Waals surface area contributed by atoms with E-state index in [-0.39, 0.29) is 6.04 Å². The van der Waals surface area contributed by atoms with Crippen LogP contribution in [0.1, 0.15) is 45.2 Å². The van der Waals surface area contributed by atoms with Crippen LogP contribution in [0.25, 0.3) is 0 Å². The topological polar surface area (TPSA) is 12.0 Å². The fraction of sp³-hybridized carbons (Fsp3) is 0.538. The number of halogens is 2. The van der Waals surface area contributed by atoms with E-state index in [1.165, 1.54) is 12.1 Å². The van der Waals surface area contributed by atoms with Gasteiger partial charge in [0, 0.05) is 23.7 Å². The van der Waals surface area contributed by atoms with Gasteiger partial charge in [-0.1, -0.05) is 19.9 Å². The first-order valence-electron chi connectivity index (χ1n) is 5.79. The van der Waals surface area contributed by atoms with E-state index in [4.69, 9.17) is 0 Å². The molecule has 90 valence electrons. The summed E-state index contributed by atoms with van der Waals surface area (Å²) in [6.45, 7) is 6.12. The lowest BCUT2D eigenvalue weighted by Crippen LogP contribution is -2.30. The number of benzene rings is 1. The van der Waals surface area contributed by atoms with Crippen molar-refractivity contribution in [2.24, 2.45) is 0 Å². The smallest absolute Gasteiger partial charge is 0.130 e. The average molecular weight is 227 g/mol. The van der Waals surface area contributed by atoms with Gasteiger partial charge in [-0.15, -0.1) is 0 Å². The molecule has 3 heteroatoms. The third-order valence-electron chi connectivity index (χ3n) is 2.84. The highest BCUT2D eigenvalue weighted by Gasteiger charge is 2.15. The van der Waals surface area contributed by atoms with Gasteiger partial charge in [0.25, 0.3) is 0 Å². The SMILES string of the molecule is CCC(C)NC(CC)c1ccc(F)cc1F. The first-order chi connectivity index (χ1) is 7.58. The number of nitrogens with one attached hydrogen (secondary N) is 1. The molecule has 0 fully saturated rings. The normalized spacial score (nSPS) is 14.8. The van der Waals surface area contributed by atoms with Crippen molar-refractivity contribution in [2.75, 3.05) is 0 Å². The lowest BCUT2D eigenvalue weighted by Gasteiger charge is -2.22. The van der Waals surface area contributed by atoms with E-state index in [0.717, 1.165) is 18.9 Å². The summed E-state index contributed by atoms with van der Waals surface area (Å²) in [6, 6.07) is 4.05. The molecule has 0 aliphatic rings. The number of rotatable bonds is 5. The predicted molar refractivity (Wildman–Crippen MR) is 62.3 cm³/mol. The molecule has 2 unspecified atom stereocenters. The van der Waals surface area contributed by atoms with Crippen LogP contribution in [-0.4, -0.2) is 6.04 Å². The summed E-state index contributed by atoms with van der Waals surface area (Å²) >= 11 is 0. The lowest BCUT2D eigenvalue weighted by atomic mass is 10.0. The second kappa shape index (κ2) is 5.94. The summed E-state index contributed by atoms with van der Waals surface area (Å²) in [7, 11) is 0. The zero-order valence-corrected chi connectivity index (χ0v) is 10.1. The minimum absolute atomic E-state index is 0.0458. The Kier molecular flexibility index (Phi) is 4.87. The summed E-state index contributed by atoms with van der Waals surface area (Å²) in [5.41, 5.74) is 0.546. The molecular formula is C13H19F2N. The van der Waals surface area contributed by atoms with E-state index in [9.17, 15) is 8.78 Å². The monoisotopic (exact) mass is 227 g/mol. The molecule has 1 N–H and O–H groups in total. The van der Waals surface area contributed by atoms with Crippen LogP contribution in [-0.2, 0) is 0 Å². The van der Waals surface area contributed by atoms with Crippen molar-refractivity contribution in [3.63, 3.8) is 0 Å². The molecule has 0 aliphatic carbocycles. The van der Waals surface area contributed by atoms with Crippen molar-refractivity contribution in [3.05, 3.63) is 35.4 Å². The second-order valence-corrected chi connectivity index (χ2v) is 4.10. The van der Waals surface area contributed by atoms with Crippen LogP contribution in [0.2, 0.25) is 0 Å². The molecule has 1 aromatic carbocycles. The van der Waals surface area contributed by atoms with Crippen molar-refractivity contribution in [1.29, 1.82) is 0 Å². The molecule has 0 saturated heterocycles. The molecule has 0 heterocycles. The maximum absolute atomic E-state index is 13.6. The quantitative estimate of drug-likeness (QED) is 0.806. The van der Waals surface area contributed by atoms with Gasteiger partial charge in [0.15, 0.2) is 0 Å². The van der Waals surface area contributed by atoms with Crippen LogP contribution < -0.4 is 5.32 Å². The predicted octanol–water partition coefficient (Wildman–Crippen LogP) is 3.80. The third kappa shape index (κ3) is 3.27. The largest absolute Gasteiger partial charge is 0.307 e. The van der Waals surface area contributed by atoms with E-state index < -0.39 is 11.6 Å². The van der Waals surface area contributed by atoms with Gasteiger partial charge >= 0.3 is 0 Å². The van der Waals surface area contributed by atoms with E-state index in [1.54, 1.807) is 0 Å². The first-order valence-corrected chi connectivity index (χ1v) is 5.79. The Morgan fingerprint density at radius 3 is 2.38 bits per heavy atom. The molecule has 2 atom stereocenters. The fourth-order valence-electron chi connectivity index (χ4n) is 1.67. The van der Waals surface area contributed by atoms with E-state index in [1.807, 2.05) is 6.92 Å².